The molecule has 0 unspecified atom stereocenters. The Balaban J connectivity index is 1.30. The van der Waals surface area contributed by atoms with Crippen molar-refractivity contribution in [3.05, 3.63) is 53.6 Å². The molecule has 4 rings (SSSR count). The van der Waals surface area contributed by atoms with Gasteiger partial charge in [-0.25, -0.2) is 9.80 Å². The molecular weight excluding hydrogens is 424 g/mol. The van der Waals surface area contributed by atoms with E-state index in [4.69, 9.17) is 4.74 Å². The monoisotopic (exact) mass is 450 g/mol. The zero-order chi connectivity index (χ0) is 23.4. The molecule has 2 N–H and O–H groups in total. The lowest BCUT2D eigenvalue weighted by Gasteiger charge is -2.27. The van der Waals surface area contributed by atoms with E-state index in [1.165, 1.54) is 37.1 Å². The molecule has 0 spiro atoms. The number of nitrogens with one attached hydrogen (secondary N) is 2. The van der Waals surface area contributed by atoms with E-state index >= 15 is 0 Å². The number of carbonyl (C=O) groups excluding carboxylic acids is 4. The molecule has 2 aliphatic rings. The van der Waals surface area contributed by atoms with Crippen molar-refractivity contribution in [2.45, 2.75) is 32.6 Å². The lowest BCUT2D eigenvalue weighted by atomic mass is 10.1. The number of amides is 3. The van der Waals surface area contributed by atoms with Gasteiger partial charge in [-0.05, 0) is 67.8 Å². The van der Waals surface area contributed by atoms with E-state index < -0.39 is 18.5 Å². The van der Waals surface area contributed by atoms with Gasteiger partial charge in [0.1, 0.15) is 0 Å². The standard InChI is InChI=1S/C24H26N4O5/c1-16-14-19(27-12-2-3-13-27)8-9-20(16)25-22(30)15-33-24(32)17-4-6-18(7-5-17)28-23(31)11-10-21(29)26-28/h4-9,14H,2-3,10-13,15H2,1H3,(H,25,30)(H,26,29). The number of anilines is 3. The molecule has 0 aromatic heterocycles. The summed E-state index contributed by atoms with van der Waals surface area (Å²) in [4.78, 5) is 50.4. The molecule has 0 atom stereocenters. The summed E-state index contributed by atoms with van der Waals surface area (Å²) < 4.78 is 5.12. The second kappa shape index (κ2) is 9.72. The molecule has 2 aromatic carbocycles. The summed E-state index contributed by atoms with van der Waals surface area (Å²) in [5.41, 5.74) is 5.92. The van der Waals surface area contributed by atoms with Gasteiger partial charge >= 0.3 is 5.97 Å². The highest BCUT2D eigenvalue weighted by atomic mass is 16.5. The minimum atomic E-state index is -0.660. The Hall–Kier alpha value is -3.88. The molecule has 0 radical (unpaired) electrons. The number of rotatable bonds is 6. The smallest absolute Gasteiger partial charge is 0.338 e. The topological polar surface area (TPSA) is 108 Å². The van der Waals surface area contributed by atoms with Crippen LogP contribution >= 0.6 is 0 Å². The Morgan fingerprint density at radius 1 is 1.00 bits per heavy atom. The van der Waals surface area contributed by atoms with Gasteiger partial charge in [0.2, 0.25) is 11.8 Å². The van der Waals surface area contributed by atoms with E-state index in [9.17, 15) is 19.2 Å². The summed E-state index contributed by atoms with van der Waals surface area (Å²) in [5, 5.41) is 3.94. The molecule has 2 aromatic rings. The first-order chi connectivity index (χ1) is 15.9. The van der Waals surface area contributed by atoms with Gasteiger partial charge in [-0.2, -0.15) is 0 Å². The quantitative estimate of drug-likeness (QED) is 0.655. The van der Waals surface area contributed by atoms with E-state index in [0.717, 1.165) is 29.3 Å². The molecule has 9 nitrogen and oxygen atoms in total. The van der Waals surface area contributed by atoms with Gasteiger partial charge in [0.05, 0.1) is 11.3 Å². The van der Waals surface area contributed by atoms with E-state index in [2.05, 4.69) is 15.6 Å². The van der Waals surface area contributed by atoms with Crippen molar-refractivity contribution >= 4 is 40.8 Å². The number of hydrogen-bond acceptors (Lipinski definition) is 6. The summed E-state index contributed by atoms with van der Waals surface area (Å²) >= 11 is 0. The minimum absolute atomic E-state index is 0.130. The molecular formula is C24H26N4O5. The van der Waals surface area contributed by atoms with Gasteiger partial charge in [0.25, 0.3) is 5.91 Å². The van der Waals surface area contributed by atoms with Crippen LogP contribution in [0.1, 0.15) is 41.6 Å². The van der Waals surface area contributed by atoms with E-state index in [0.29, 0.717) is 11.4 Å². The largest absolute Gasteiger partial charge is 0.452 e. The number of aryl methyl sites for hydroxylation is 1. The highest BCUT2D eigenvalue weighted by Gasteiger charge is 2.24. The van der Waals surface area contributed by atoms with E-state index in [1.54, 1.807) is 0 Å². The number of hydrogen-bond donors (Lipinski definition) is 2. The van der Waals surface area contributed by atoms with Crippen molar-refractivity contribution in [1.82, 2.24) is 5.43 Å². The maximum atomic E-state index is 12.3. The Morgan fingerprint density at radius 2 is 1.70 bits per heavy atom. The Bertz CT molecular complexity index is 1080. The Kier molecular flexibility index (Phi) is 6.58. The number of ether oxygens (including phenoxy) is 1. The predicted molar refractivity (Wildman–Crippen MR) is 123 cm³/mol. The maximum absolute atomic E-state index is 12.3. The van der Waals surface area contributed by atoms with Gasteiger partial charge < -0.3 is 15.0 Å². The van der Waals surface area contributed by atoms with Gasteiger partial charge in [-0.1, -0.05) is 0 Å². The van der Waals surface area contributed by atoms with Gasteiger partial charge in [-0.3, -0.25) is 19.8 Å². The summed E-state index contributed by atoms with van der Waals surface area (Å²) in [5.74, 6) is -1.57. The molecule has 2 saturated heterocycles. The van der Waals surface area contributed by atoms with Gasteiger partial charge in [0, 0.05) is 37.3 Å². The maximum Gasteiger partial charge on any atom is 0.338 e. The zero-order valence-corrected chi connectivity index (χ0v) is 18.4. The third-order valence-corrected chi connectivity index (χ3v) is 5.70. The normalized spacial score (nSPS) is 15.9. The molecule has 9 heteroatoms. The van der Waals surface area contributed by atoms with Crippen molar-refractivity contribution in [1.29, 1.82) is 0 Å². The van der Waals surface area contributed by atoms with Crippen LogP contribution in [-0.4, -0.2) is 43.4 Å². The van der Waals surface area contributed by atoms with Crippen LogP contribution in [0.4, 0.5) is 17.1 Å². The summed E-state index contributed by atoms with van der Waals surface area (Å²) in [6.45, 7) is 3.60. The van der Waals surface area contributed by atoms with E-state index in [-0.39, 0.29) is 30.2 Å². The summed E-state index contributed by atoms with van der Waals surface area (Å²) in [7, 11) is 0. The van der Waals surface area contributed by atoms with Crippen LogP contribution < -0.4 is 20.7 Å². The van der Waals surface area contributed by atoms with Crippen LogP contribution in [0.3, 0.4) is 0 Å². The molecule has 33 heavy (non-hydrogen) atoms. The molecule has 2 aliphatic heterocycles. The molecule has 0 aliphatic carbocycles. The average molecular weight is 450 g/mol. The number of carbonyl (C=O) groups is 4. The van der Waals surface area contributed by atoms with Crippen LogP contribution in [0.25, 0.3) is 0 Å². The number of esters is 1. The molecule has 2 heterocycles. The number of hydrazine groups is 1. The van der Waals surface area contributed by atoms with Crippen LogP contribution in [0.2, 0.25) is 0 Å². The molecule has 3 amide bonds. The lowest BCUT2D eigenvalue weighted by molar-refractivity contribution is -0.130. The van der Waals surface area contributed by atoms with Crippen LogP contribution in [0, 0.1) is 6.92 Å². The highest BCUT2D eigenvalue weighted by molar-refractivity contribution is 6.01. The van der Waals surface area contributed by atoms with Crippen LogP contribution in [0.15, 0.2) is 42.5 Å². The SMILES string of the molecule is Cc1cc(N2CCCC2)ccc1NC(=O)COC(=O)c1ccc(N2NC(=O)CCC2=O)cc1. The van der Waals surface area contributed by atoms with Crippen molar-refractivity contribution < 1.29 is 23.9 Å². The fraction of sp³-hybridized carbons (Fsp3) is 0.333. The second-order valence-electron chi connectivity index (χ2n) is 8.13. The lowest BCUT2D eigenvalue weighted by Crippen LogP contribution is -2.50. The fourth-order valence-electron chi connectivity index (χ4n) is 3.89. The van der Waals surface area contributed by atoms with Crippen molar-refractivity contribution in [3.63, 3.8) is 0 Å². The van der Waals surface area contributed by atoms with Gasteiger partial charge in [-0.15, -0.1) is 0 Å². The molecule has 0 saturated carbocycles. The molecule has 172 valence electrons. The predicted octanol–water partition coefficient (Wildman–Crippen LogP) is 2.55. The van der Waals surface area contributed by atoms with Crippen molar-refractivity contribution in [3.8, 4) is 0 Å². The first-order valence-corrected chi connectivity index (χ1v) is 11.0. The first-order valence-electron chi connectivity index (χ1n) is 11.0. The van der Waals surface area contributed by atoms with Crippen molar-refractivity contribution in [2.75, 3.05) is 34.9 Å². The number of benzene rings is 2. The third kappa shape index (κ3) is 5.31. The minimum Gasteiger partial charge on any atom is -0.452 e. The molecule has 2 fully saturated rings. The first kappa shape index (κ1) is 22.3. The third-order valence-electron chi connectivity index (χ3n) is 5.70. The highest BCUT2D eigenvalue weighted by Crippen LogP contribution is 2.25. The zero-order valence-electron chi connectivity index (χ0n) is 18.4. The van der Waals surface area contributed by atoms with Crippen LogP contribution in [-0.2, 0) is 19.1 Å². The summed E-state index contributed by atoms with van der Waals surface area (Å²) in [6, 6.07) is 11.9. The van der Waals surface area contributed by atoms with E-state index in [1.807, 2.05) is 25.1 Å². The molecule has 0 bridgehead atoms. The summed E-state index contributed by atoms with van der Waals surface area (Å²) in [6.07, 6.45) is 2.67. The fourth-order valence-corrected chi connectivity index (χ4v) is 3.89. The Labute approximate surface area is 191 Å². The second-order valence-corrected chi connectivity index (χ2v) is 8.13. The van der Waals surface area contributed by atoms with Crippen LogP contribution in [0.5, 0.6) is 0 Å². The average Bonchev–Trinajstić information content (AvgIpc) is 3.35. The van der Waals surface area contributed by atoms with Gasteiger partial charge in [0.15, 0.2) is 6.61 Å². The number of nitrogens with zero attached hydrogens (tertiary/aromatic N) is 2. The Morgan fingerprint density at radius 3 is 2.39 bits per heavy atom. The van der Waals surface area contributed by atoms with Crippen molar-refractivity contribution in [2.24, 2.45) is 0 Å².